The monoisotopic (exact) mass is 592 g/mol. The molecule has 2 aliphatic heterocycles. The van der Waals surface area contributed by atoms with Crippen LogP contribution in [0, 0.1) is 25.7 Å². The Balaban J connectivity index is 1.18. The first-order valence-corrected chi connectivity index (χ1v) is 14.7. The number of carboxylic acid groups (broad SMARTS) is 1. The van der Waals surface area contributed by atoms with Crippen LogP contribution in [0.25, 0.3) is 11.1 Å². The lowest BCUT2D eigenvalue weighted by molar-refractivity contribution is 0.112. The number of likely N-dealkylation sites (tertiary alicyclic amines) is 2. The normalized spacial score (nSPS) is 18.5. The minimum absolute atomic E-state index is 0.117. The van der Waals surface area contributed by atoms with E-state index in [2.05, 4.69) is 30.9 Å². The number of benzene rings is 3. The summed E-state index contributed by atoms with van der Waals surface area (Å²) >= 11 is 6.25. The molecule has 0 spiro atoms. The molecule has 2 unspecified atom stereocenters. The highest BCUT2D eigenvalue weighted by Crippen LogP contribution is 2.36. The Morgan fingerprint density at radius 2 is 1.74 bits per heavy atom. The lowest BCUT2D eigenvalue weighted by Crippen LogP contribution is -2.40. The molecule has 1 amide bonds. The first kappa shape index (κ1) is 29.7. The van der Waals surface area contributed by atoms with E-state index in [1.807, 2.05) is 24.3 Å². The molecule has 0 radical (unpaired) electrons. The van der Waals surface area contributed by atoms with Crippen LogP contribution in [0.4, 0.5) is 4.79 Å². The first-order valence-electron chi connectivity index (χ1n) is 14.4. The zero-order chi connectivity index (χ0) is 29.8. The van der Waals surface area contributed by atoms with Gasteiger partial charge >= 0.3 is 6.09 Å². The second-order valence-corrected chi connectivity index (χ2v) is 11.7. The van der Waals surface area contributed by atoms with Crippen molar-refractivity contribution in [2.24, 2.45) is 11.8 Å². The Morgan fingerprint density at radius 3 is 2.50 bits per heavy atom. The van der Waals surface area contributed by atoms with Crippen molar-refractivity contribution < 1.29 is 29.3 Å². The standard InChI is InChI=1S/C33H37ClN2O6/c1-21-24(20-42-32-15-30(38)25(19-37)14-29(32)34)6-3-7-27(21)28-8-4-9-31(22(28)2)41-13-5-11-35-12-10-23-17-36(33(39)40)18-26(23)16-35/h3-4,6-9,14-15,19,23,26,38H,5,10-13,16-18,20H2,1-2H3,(H,39,40). The second-order valence-electron chi connectivity index (χ2n) is 11.3. The summed E-state index contributed by atoms with van der Waals surface area (Å²) in [6, 6.07) is 14.9. The number of aldehydes is 1. The summed E-state index contributed by atoms with van der Waals surface area (Å²) in [5.74, 6) is 1.93. The number of amides is 1. The van der Waals surface area contributed by atoms with Gasteiger partial charge in [-0.15, -0.1) is 0 Å². The van der Waals surface area contributed by atoms with Crippen molar-refractivity contribution in [3.05, 3.63) is 75.8 Å². The average Bonchev–Trinajstić information content (AvgIpc) is 3.41. The van der Waals surface area contributed by atoms with Gasteiger partial charge in [-0.1, -0.05) is 41.9 Å². The fourth-order valence-corrected chi connectivity index (χ4v) is 6.41. The van der Waals surface area contributed by atoms with Crippen molar-refractivity contribution in [1.82, 2.24) is 9.80 Å². The molecule has 2 aliphatic rings. The Bertz CT molecular complexity index is 1460. The maximum Gasteiger partial charge on any atom is 0.407 e. The van der Waals surface area contributed by atoms with Crippen LogP contribution in [-0.4, -0.2) is 71.7 Å². The lowest BCUT2D eigenvalue weighted by atomic mass is 9.89. The van der Waals surface area contributed by atoms with Crippen LogP contribution in [0.1, 0.15) is 39.9 Å². The number of rotatable bonds is 10. The molecular formula is C33H37ClN2O6. The lowest BCUT2D eigenvalue weighted by Gasteiger charge is -2.34. The van der Waals surface area contributed by atoms with Crippen molar-refractivity contribution in [1.29, 1.82) is 0 Å². The molecule has 2 saturated heterocycles. The predicted molar refractivity (Wildman–Crippen MR) is 162 cm³/mol. The topological polar surface area (TPSA) is 99.5 Å². The van der Waals surface area contributed by atoms with E-state index >= 15 is 0 Å². The van der Waals surface area contributed by atoms with Gasteiger partial charge in [-0.05, 0) is 85.0 Å². The first-order chi connectivity index (χ1) is 20.2. The number of piperidine rings is 1. The molecule has 0 aromatic heterocycles. The van der Waals surface area contributed by atoms with Crippen molar-refractivity contribution in [3.8, 4) is 28.4 Å². The molecule has 42 heavy (non-hydrogen) atoms. The van der Waals surface area contributed by atoms with E-state index in [0.717, 1.165) is 66.0 Å². The van der Waals surface area contributed by atoms with Crippen LogP contribution in [-0.2, 0) is 6.61 Å². The third-order valence-electron chi connectivity index (χ3n) is 8.64. The highest BCUT2D eigenvalue weighted by molar-refractivity contribution is 6.32. The molecule has 2 atom stereocenters. The molecule has 3 aromatic rings. The number of hydrogen-bond donors (Lipinski definition) is 2. The number of ether oxygens (including phenoxy) is 2. The number of carbonyl (C=O) groups excluding carboxylic acids is 1. The van der Waals surface area contributed by atoms with Crippen LogP contribution in [0.5, 0.6) is 17.2 Å². The fraction of sp³-hybridized carbons (Fsp3) is 0.394. The summed E-state index contributed by atoms with van der Waals surface area (Å²) < 4.78 is 12.2. The van der Waals surface area contributed by atoms with Gasteiger partial charge in [0.05, 0.1) is 17.2 Å². The molecule has 8 nitrogen and oxygen atoms in total. The summed E-state index contributed by atoms with van der Waals surface area (Å²) in [7, 11) is 0. The van der Waals surface area contributed by atoms with Gasteiger partial charge in [0, 0.05) is 32.2 Å². The van der Waals surface area contributed by atoms with Gasteiger partial charge in [-0.2, -0.15) is 0 Å². The summed E-state index contributed by atoms with van der Waals surface area (Å²) in [5, 5.41) is 19.6. The zero-order valence-corrected chi connectivity index (χ0v) is 24.8. The molecule has 5 rings (SSSR count). The Hall–Kier alpha value is -3.75. The number of aromatic hydroxyl groups is 1. The highest BCUT2D eigenvalue weighted by atomic mass is 35.5. The van der Waals surface area contributed by atoms with Crippen molar-refractivity contribution in [2.75, 3.05) is 39.3 Å². The van der Waals surface area contributed by atoms with Crippen LogP contribution < -0.4 is 9.47 Å². The third-order valence-corrected chi connectivity index (χ3v) is 8.94. The zero-order valence-electron chi connectivity index (χ0n) is 24.0. The third kappa shape index (κ3) is 6.50. The minimum Gasteiger partial charge on any atom is -0.507 e. The molecule has 2 heterocycles. The Kier molecular flexibility index (Phi) is 9.24. The van der Waals surface area contributed by atoms with Crippen LogP contribution in [0.3, 0.4) is 0 Å². The van der Waals surface area contributed by atoms with Crippen molar-refractivity contribution in [2.45, 2.75) is 33.3 Å². The van der Waals surface area contributed by atoms with Crippen molar-refractivity contribution in [3.63, 3.8) is 0 Å². The molecule has 3 aromatic carbocycles. The average molecular weight is 593 g/mol. The summed E-state index contributed by atoms with van der Waals surface area (Å²) in [6.45, 7) is 9.23. The minimum atomic E-state index is -0.800. The molecule has 0 bridgehead atoms. The summed E-state index contributed by atoms with van der Waals surface area (Å²) in [6.07, 6.45) is 1.71. The van der Waals surface area contributed by atoms with E-state index < -0.39 is 6.09 Å². The van der Waals surface area contributed by atoms with Gasteiger partial charge in [0.2, 0.25) is 0 Å². The number of carbonyl (C=O) groups is 2. The molecule has 0 saturated carbocycles. The maximum atomic E-state index is 11.3. The van der Waals surface area contributed by atoms with Gasteiger partial charge in [0.15, 0.2) is 6.29 Å². The second kappa shape index (κ2) is 13.0. The van der Waals surface area contributed by atoms with Crippen molar-refractivity contribution >= 4 is 24.0 Å². The van der Waals surface area contributed by atoms with Crippen LogP contribution in [0.15, 0.2) is 48.5 Å². The van der Waals surface area contributed by atoms with E-state index in [1.54, 1.807) is 4.90 Å². The molecule has 9 heteroatoms. The number of nitrogens with zero attached hydrogens (tertiary/aromatic N) is 2. The number of phenolic OH excluding ortho intramolecular Hbond substituents is 1. The van der Waals surface area contributed by atoms with Crippen LogP contribution in [0.2, 0.25) is 5.02 Å². The fourth-order valence-electron chi connectivity index (χ4n) is 6.19. The molecule has 2 N–H and O–H groups in total. The smallest absolute Gasteiger partial charge is 0.407 e. The van der Waals surface area contributed by atoms with Crippen LogP contribution >= 0.6 is 11.6 Å². The molecule has 0 aliphatic carbocycles. The SMILES string of the molecule is Cc1c(COc2cc(O)c(C=O)cc2Cl)cccc1-c1cccc(OCCCN2CCC3CN(C(=O)O)CC3C2)c1C. The number of hydrogen-bond acceptors (Lipinski definition) is 6. The van der Waals surface area contributed by atoms with Gasteiger partial charge in [0.1, 0.15) is 23.9 Å². The predicted octanol–water partition coefficient (Wildman–Crippen LogP) is 6.42. The Morgan fingerprint density at radius 1 is 1.00 bits per heavy atom. The number of phenols is 1. The van der Waals surface area contributed by atoms with Gasteiger partial charge in [0.25, 0.3) is 0 Å². The van der Waals surface area contributed by atoms with Gasteiger partial charge in [-0.3, -0.25) is 4.79 Å². The molecular weight excluding hydrogens is 556 g/mol. The molecule has 2 fully saturated rings. The quantitative estimate of drug-likeness (QED) is 0.207. The number of fused-ring (bicyclic) bond motifs is 1. The van der Waals surface area contributed by atoms with E-state index in [0.29, 0.717) is 43.6 Å². The van der Waals surface area contributed by atoms with E-state index in [1.165, 1.54) is 12.1 Å². The van der Waals surface area contributed by atoms with Gasteiger partial charge in [-0.25, -0.2) is 4.79 Å². The van der Waals surface area contributed by atoms with E-state index in [-0.39, 0.29) is 22.9 Å². The maximum absolute atomic E-state index is 11.3. The summed E-state index contributed by atoms with van der Waals surface area (Å²) in [5.41, 5.74) is 5.40. The van der Waals surface area contributed by atoms with E-state index in [4.69, 9.17) is 21.1 Å². The number of halogens is 1. The Labute approximate surface area is 251 Å². The highest BCUT2D eigenvalue weighted by Gasteiger charge is 2.38. The van der Waals surface area contributed by atoms with E-state index in [9.17, 15) is 19.8 Å². The molecule has 222 valence electrons. The summed E-state index contributed by atoms with van der Waals surface area (Å²) in [4.78, 5) is 26.4. The largest absolute Gasteiger partial charge is 0.507 e. The van der Waals surface area contributed by atoms with Gasteiger partial charge < -0.3 is 29.5 Å².